The Morgan fingerprint density at radius 2 is 1.75 bits per heavy atom. The highest BCUT2D eigenvalue weighted by Crippen LogP contribution is 2.25. The van der Waals surface area contributed by atoms with Gasteiger partial charge in [0, 0.05) is 12.8 Å². The fourth-order valence-corrected chi connectivity index (χ4v) is 3.11. The van der Waals surface area contributed by atoms with Crippen LogP contribution < -0.4 is 10.6 Å². The number of hydrogen-bond donors (Lipinski definition) is 2. The zero-order chi connectivity index (χ0) is 20.1. The van der Waals surface area contributed by atoms with Gasteiger partial charge in [-0.05, 0) is 28.8 Å². The van der Waals surface area contributed by atoms with Gasteiger partial charge in [-0.2, -0.15) is 10.5 Å². The molecule has 1 saturated heterocycles. The van der Waals surface area contributed by atoms with E-state index in [1.54, 1.807) is 12.1 Å². The van der Waals surface area contributed by atoms with Crippen molar-refractivity contribution in [2.45, 2.75) is 30.8 Å². The van der Waals surface area contributed by atoms with Crippen LogP contribution in [-0.4, -0.2) is 30.5 Å². The van der Waals surface area contributed by atoms with Crippen LogP contribution in [0.2, 0.25) is 0 Å². The van der Waals surface area contributed by atoms with Crippen molar-refractivity contribution in [2.75, 3.05) is 6.54 Å². The van der Waals surface area contributed by atoms with E-state index < -0.39 is 36.9 Å². The summed E-state index contributed by atoms with van der Waals surface area (Å²) < 4.78 is 26.4. The first-order valence-electron chi connectivity index (χ1n) is 8.81. The molecule has 0 radical (unpaired) electrons. The van der Waals surface area contributed by atoms with Crippen LogP contribution in [0.25, 0.3) is 11.1 Å². The smallest absolute Gasteiger partial charge is 0.262 e. The van der Waals surface area contributed by atoms with Gasteiger partial charge in [-0.25, -0.2) is 8.78 Å². The van der Waals surface area contributed by atoms with Crippen LogP contribution >= 0.6 is 0 Å². The molecule has 2 aromatic rings. The van der Waals surface area contributed by atoms with Crippen LogP contribution in [0, 0.1) is 22.7 Å². The SMILES string of the molecule is N#Cc1ccc(-c2ccc(C[C@@H](C#N)NC(=O)[C@@H]3CC(F)(F)CN3)cc2)cc1. The van der Waals surface area contributed by atoms with E-state index in [1.165, 1.54) is 0 Å². The predicted molar refractivity (Wildman–Crippen MR) is 99.2 cm³/mol. The van der Waals surface area contributed by atoms with E-state index in [9.17, 15) is 18.8 Å². The molecule has 1 heterocycles. The van der Waals surface area contributed by atoms with Gasteiger partial charge in [0.05, 0.1) is 30.3 Å². The van der Waals surface area contributed by atoms with E-state index in [0.717, 1.165) is 16.7 Å². The number of nitriles is 2. The van der Waals surface area contributed by atoms with Gasteiger partial charge in [0.1, 0.15) is 6.04 Å². The highest BCUT2D eigenvalue weighted by molar-refractivity contribution is 5.82. The highest BCUT2D eigenvalue weighted by atomic mass is 19.3. The topological polar surface area (TPSA) is 88.7 Å². The van der Waals surface area contributed by atoms with Crippen molar-refractivity contribution >= 4 is 5.91 Å². The predicted octanol–water partition coefficient (Wildman–Crippen LogP) is 2.77. The van der Waals surface area contributed by atoms with Gasteiger partial charge in [-0.3, -0.25) is 10.1 Å². The Kier molecular flexibility index (Phi) is 5.67. The fraction of sp³-hybridized carbons (Fsp3) is 0.286. The van der Waals surface area contributed by atoms with Crippen molar-refractivity contribution in [1.82, 2.24) is 10.6 Å². The van der Waals surface area contributed by atoms with E-state index in [4.69, 9.17) is 5.26 Å². The van der Waals surface area contributed by atoms with Gasteiger partial charge in [-0.1, -0.05) is 36.4 Å². The Morgan fingerprint density at radius 1 is 1.14 bits per heavy atom. The summed E-state index contributed by atoms with van der Waals surface area (Å²) in [7, 11) is 0. The Balaban J connectivity index is 1.61. The molecule has 0 bridgehead atoms. The lowest BCUT2D eigenvalue weighted by atomic mass is 10.00. The minimum atomic E-state index is -2.90. The molecule has 1 amide bonds. The second-order valence-corrected chi connectivity index (χ2v) is 6.77. The maximum absolute atomic E-state index is 13.2. The number of halogens is 2. The lowest BCUT2D eigenvalue weighted by Crippen LogP contribution is -2.45. The van der Waals surface area contributed by atoms with E-state index in [-0.39, 0.29) is 6.42 Å². The molecule has 2 N–H and O–H groups in total. The van der Waals surface area contributed by atoms with E-state index in [2.05, 4.69) is 16.7 Å². The van der Waals surface area contributed by atoms with E-state index in [0.29, 0.717) is 5.56 Å². The van der Waals surface area contributed by atoms with Crippen molar-refractivity contribution in [3.05, 3.63) is 59.7 Å². The first-order valence-corrected chi connectivity index (χ1v) is 8.81. The van der Waals surface area contributed by atoms with Crippen LogP contribution in [0.4, 0.5) is 8.78 Å². The summed E-state index contributed by atoms with van der Waals surface area (Å²) in [4.78, 5) is 12.1. The lowest BCUT2D eigenvalue weighted by molar-refractivity contribution is -0.123. The minimum absolute atomic E-state index is 0.277. The van der Waals surface area contributed by atoms with Crippen LogP contribution in [-0.2, 0) is 11.2 Å². The number of carbonyl (C=O) groups excluding carboxylic acids is 1. The Bertz CT molecular complexity index is 927. The Labute approximate surface area is 161 Å². The number of carbonyl (C=O) groups is 1. The first-order chi connectivity index (χ1) is 13.4. The van der Waals surface area contributed by atoms with Crippen molar-refractivity contribution in [3.8, 4) is 23.3 Å². The number of benzene rings is 2. The molecule has 142 valence electrons. The molecule has 0 spiro atoms. The van der Waals surface area contributed by atoms with Gasteiger partial charge in [0.2, 0.25) is 5.91 Å². The van der Waals surface area contributed by atoms with Gasteiger partial charge in [0.25, 0.3) is 5.92 Å². The number of rotatable bonds is 5. The van der Waals surface area contributed by atoms with E-state index in [1.807, 2.05) is 42.5 Å². The maximum atomic E-state index is 13.2. The number of nitrogens with zero attached hydrogens (tertiary/aromatic N) is 2. The Morgan fingerprint density at radius 3 is 2.25 bits per heavy atom. The quantitative estimate of drug-likeness (QED) is 0.835. The molecule has 0 unspecified atom stereocenters. The van der Waals surface area contributed by atoms with Gasteiger partial charge >= 0.3 is 0 Å². The molecular weight excluding hydrogens is 362 g/mol. The van der Waals surface area contributed by atoms with E-state index >= 15 is 0 Å². The van der Waals surface area contributed by atoms with Crippen LogP contribution in [0.3, 0.4) is 0 Å². The first kappa shape index (κ1) is 19.5. The van der Waals surface area contributed by atoms with Gasteiger partial charge in [-0.15, -0.1) is 0 Å². The van der Waals surface area contributed by atoms with Crippen LogP contribution in [0.5, 0.6) is 0 Å². The summed E-state index contributed by atoms with van der Waals surface area (Å²) in [5, 5.41) is 23.2. The largest absolute Gasteiger partial charge is 0.339 e. The molecule has 2 atom stereocenters. The van der Waals surface area contributed by atoms with Crippen molar-refractivity contribution in [3.63, 3.8) is 0 Å². The molecule has 28 heavy (non-hydrogen) atoms. The molecule has 3 rings (SSSR count). The number of nitrogens with one attached hydrogen (secondary N) is 2. The maximum Gasteiger partial charge on any atom is 0.262 e. The summed E-state index contributed by atoms with van der Waals surface area (Å²) in [6, 6.07) is 17.0. The average Bonchev–Trinajstić information content (AvgIpc) is 3.08. The molecule has 2 aromatic carbocycles. The minimum Gasteiger partial charge on any atom is -0.339 e. The van der Waals surface area contributed by atoms with Crippen molar-refractivity contribution in [1.29, 1.82) is 10.5 Å². The molecule has 1 aliphatic heterocycles. The number of alkyl halides is 2. The standard InChI is InChI=1S/C21H18F2N4O/c22-21(23)10-19(26-13-21)20(28)27-18(12-25)9-14-1-5-16(6-2-14)17-7-3-15(11-24)4-8-17/h1-8,18-19,26H,9-10,13H2,(H,27,28)/t18-,19-/m0/s1. The van der Waals surface area contributed by atoms with Gasteiger partial charge in [0.15, 0.2) is 0 Å². The normalized spacial score (nSPS) is 18.6. The van der Waals surface area contributed by atoms with Gasteiger partial charge < -0.3 is 5.32 Å². The zero-order valence-corrected chi connectivity index (χ0v) is 15.0. The summed E-state index contributed by atoms with van der Waals surface area (Å²) >= 11 is 0. The third-order valence-electron chi connectivity index (χ3n) is 4.64. The molecular formula is C21H18F2N4O. The molecule has 0 aliphatic carbocycles. The monoisotopic (exact) mass is 380 g/mol. The van der Waals surface area contributed by atoms with Crippen LogP contribution in [0.1, 0.15) is 17.5 Å². The third kappa shape index (κ3) is 4.70. The molecule has 1 fully saturated rings. The number of hydrogen-bond acceptors (Lipinski definition) is 4. The molecule has 7 heteroatoms. The molecule has 5 nitrogen and oxygen atoms in total. The second-order valence-electron chi connectivity index (χ2n) is 6.77. The molecule has 0 aromatic heterocycles. The molecule has 1 aliphatic rings. The van der Waals surface area contributed by atoms with Crippen molar-refractivity contribution in [2.24, 2.45) is 0 Å². The molecule has 0 saturated carbocycles. The highest BCUT2D eigenvalue weighted by Gasteiger charge is 2.42. The summed E-state index contributed by atoms with van der Waals surface area (Å²) in [5.41, 5.74) is 3.35. The second kappa shape index (κ2) is 8.16. The van der Waals surface area contributed by atoms with Crippen molar-refractivity contribution < 1.29 is 13.6 Å². The summed E-state index contributed by atoms with van der Waals surface area (Å²) in [6.07, 6.45) is -0.282. The summed E-state index contributed by atoms with van der Waals surface area (Å²) in [5.74, 6) is -3.48. The lowest BCUT2D eigenvalue weighted by Gasteiger charge is -2.15. The average molecular weight is 380 g/mol. The van der Waals surface area contributed by atoms with Crippen LogP contribution in [0.15, 0.2) is 48.5 Å². The third-order valence-corrected chi connectivity index (χ3v) is 4.64. The number of amides is 1. The zero-order valence-electron chi connectivity index (χ0n) is 15.0. The summed E-state index contributed by atoms with van der Waals surface area (Å²) in [6.45, 7) is -0.529. The fourth-order valence-electron chi connectivity index (χ4n) is 3.11. The Hall–Kier alpha value is -3.29.